The van der Waals surface area contributed by atoms with Crippen molar-refractivity contribution in [2.24, 2.45) is 5.92 Å². The molecule has 2 fully saturated rings. The van der Waals surface area contributed by atoms with E-state index in [9.17, 15) is 14.7 Å². The van der Waals surface area contributed by atoms with Crippen LogP contribution < -0.4 is 10.1 Å². The second kappa shape index (κ2) is 16.4. The number of nitrogens with zero attached hydrogens (tertiary/aromatic N) is 5. The first-order valence-electron chi connectivity index (χ1n) is 16.9. The quantitative estimate of drug-likeness (QED) is 0.259. The maximum absolute atomic E-state index is 14.0. The number of methoxy groups -OCH3 is 1. The third kappa shape index (κ3) is 8.61. The number of ether oxygens (including phenoxy) is 2. The molecule has 3 aromatic rings. The summed E-state index contributed by atoms with van der Waals surface area (Å²) in [6, 6.07) is 9.08. The Morgan fingerprint density at radius 1 is 1.12 bits per heavy atom. The van der Waals surface area contributed by atoms with Gasteiger partial charge in [-0.1, -0.05) is 38.1 Å². The molecule has 0 bridgehead atoms. The number of nitrogens with one attached hydrogen (secondary N) is 1. The highest BCUT2D eigenvalue weighted by Gasteiger charge is 2.43. The topological polar surface area (TPSA) is 134 Å². The van der Waals surface area contributed by atoms with Crippen LogP contribution in [0.15, 0.2) is 40.4 Å². The normalized spacial score (nSPS) is 21.8. The van der Waals surface area contributed by atoms with Crippen molar-refractivity contribution in [1.82, 2.24) is 30.2 Å². The smallest absolute Gasteiger partial charge is 0.254 e. The van der Waals surface area contributed by atoms with Crippen molar-refractivity contribution in [2.75, 3.05) is 59.6 Å². The highest BCUT2D eigenvalue weighted by molar-refractivity contribution is 7.13. The van der Waals surface area contributed by atoms with Crippen LogP contribution in [0.4, 0.5) is 0 Å². The second-order valence-corrected chi connectivity index (χ2v) is 14.2. The molecular formula is C35H50N6O6S. The van der Waals surface area contributed by atoms with Crippen molar-refractivity contribution in [3.63, 3.8) is 0 Å². The van der Waals surface area contributed by atoms with Crippen molar-refractivity contribution in [3.05, 3.63) is 52.9 Å². The third-order valence-corrected chi connectivity index (χ3v) is 10.5. The second-order valence-electron chi connectivity index (χ2n) is 13.3. The van der Waals surface area contributed by atoms with Gasteiger partial charge in [0.25, 0.3) is 5.88 Å². The van der Waals surface area contributed by atoms with Gasteiger partial charge in [0, 0.05) is 64.9 Å². The van der Waals surface area contributed by atoms with Crippen LogP contribution in [0, 0.1) is 12.8 Å². The molecule has 2 N–H and O–H groups in total. The fourth-order valence-corrected chi connectivity index (χ4v) is 7.51. The molecule has 4 heterocycles. The van der Waals surface area contributed by atoms with Crippen molar-refractivity contribution < 1.29 is 28.7 Å². The molecule has 12 nitrogen and oxygen atoms in total. The molecule has 0 unspecified atom stereocenters. The minimum atomic E-state index is -0.800. The zero-order valence-electron chi connectivity index (χ0n) is 28.9. The van der Waals surface area contributed by atoms with Crippen LogP contribution >= 0.6 is 11.3 Å². The SMILES string of the molecule is COCCN1CCN(CCOc2cc([C@H](C(=O)N3C[C@H](O)C[C@H]3C(=O)N[C@@H](C)c3ccc(-c4scnc4C)cc3)C(C)C)on2)C[C@H]1C. The summed E-state index contributed by atoms with van der Waals surface area (Å²) >= 11 is 1.60. The van der Waals surface area contributed by atoms with Crippen LogP contribution in [0.1, 0.15) is 63.1 Å². The fourth-order valence-electron chi connectivity index (χ4n) is 6.70. The third-order valence-electron chi connectivity index (χ3n) is 9.48. The first-order chi connectivity index (χ1) is 23.0. The average Bonchev–Trinajstić information content (AvgIpc) is 3.80. The number of aromatic nitrogens is 2. The number of aryl methyl sites for hydroxylation is 1. The largest absolute Gasteiger partial charge is 0.474 e. The summed E-state index contributed by atoms with van der Waals surface area (Å²) in [4.78, 5) is 39.3. The van der Waals surface area contributed by atoms with Crippen molar-refractivity contribution in [3.8, 4) is 16.3 Å². The average molecular weight is 683 g/mol. The Balaban J connectivity index is 1.17. The van der Waals surface area contributed by atoms with Gasteiger partial charge in [0.15, 0.2) is 5.76 Å². The molecule has 13 heteroatoms. The van der Waals surface area contributed by atoms with Gasteiger partial charge in [0.1, 0.15) is 18.6 Å². The number of rotatable bonds is 14. The lowest BCUT2D eigenvalue weighted by atomic mass is 9.91. The molecule has 2 aromatic heterocycles. The van der Waals surface area contributed by atoms with E-state index in [1.165, 1.54) is 4.90 Å². The predicted octanol–water partition coefficient (Wildman–Crippen LogP) is 3.72. The Hall–Kier alpha value is -3.36. The van der Waals surface area contributed by atoms with Gasteiger partial charge in [0.2, 0.25) is 11.8 Å². The van der Waals surface area contributed by atoms with Gasteiger partial charge >= 0.3 is 0 Å². The Labute approximate surface area is 287 Å². The number of benzene rings is 1. The first kappa shape index (κ1) is 35.9. The zero-order chi connectivity index (χ0) is 34.4. The van der Waals surface area contributed by atoms with E-state index >= 15 is 0 Å². The van der Waals surface area contributed by atoms with E-state index in [1.54, 1.807) is 24.5 Å². The summed E-state index contributed by atoms with van der Waals surface area (Å²) in [5.74, 6) is -0.687. The van der Waals surface area contributed by atoms with E-state index in [1.807, 2.05) is 57.5 Å². The standard InChI is InChI=1S/C35H50N6O6S/c1-22(2)32(30-18-31(38-47-30)46-16-13-39-11-12-40(14-15-45-6)23(3)19-39)35(44)41-20-28(42)17-29(41)34(43)37-24(4)26-7-9-27(10-8-26)33-25(5)36-21-48-33/h7-10,18,21-24,28-29,32,42H,11-17,19-20H2,1-6H3,(H,37,43)/t23-,24+,28-,29+,32-/m1/s1. The highest BCUT2D eigenvalue weighted by atomic mass is 32.1. The van der Waals surface area contributed by atoms with Crippen molar-refractivity contribution in [2.45, 2.75) is 71.2 Å². The summed E-state index contributed by atoms with van der Waals surface area (Å²) < 4.78 is 16.8. The van der Waals surface area contributed by atoms with Gasteiger partial charge in [-0.3, -0.25) is 19.4 Å². The Bertz CT molecular complexity index is 1490. The van der Waals surface area contributed by atoms with Gasteiger partial charge in [-0.15, -0.1) is 11.3 Å². The van der Waals surface area contributed by atoms with Gasteiger partial charge in [-0.25, -0.2) is 4.98 Å². The monoisotopic (exact) mass is 682 g/mol. The van der Waals surface area contributed by atoms with Crippen molar-refractivity contribution >= 4 is 23.2 Å². The molecular weight excluding hydrogens is 632 g/mol. The van der Waals surface area contributed by atoms with E-state index in [0.29, 0.717) is 24.3 Å². The summed E-state index contributed by atoms with van der Waals surface area (Å²) in [5, 5.41) is 17.7. The van der Waals surface area contributed by atoms with Crippen LogP contribution in [0.25, 0.3) is 10.4 Å². The maximum atomic E-state index is 14.0. The lowest BCUT2D eigenvalue weighted by Crippen LogP contribution is -2.53. The summed E-state index contributed by atoms with van der Waals surface area (Å²) in [6.45, 7) is 15.8. The molecule has 0 saturated carbocycles. The number of aliphatic hydroxyl groups excluding tert-OH is 1. The molecule has 5 atom stereocenters. The number of carbonyl (C=O) groups is 2. The molecule has 0 aliphatic carbocycles. The fraction of sp³-hybridized carbons (Fsp3) is 0.600. The number of carbonyl (C=O) groups excluding carboxylic acids is 2. The molecule has 262 valence electrons. The van der Waals surface area contributed by atoms with Gasteiger partial charge in [0.05, 0.1) is 34.8 Å². The van der Waals surface area contributed by atoms with Crippen LogP contribution in [-0.2, 0) is 14.3 Å². The van der Waals surface area contributed by atoms with E-state index < -0.39 is 18.1 Å². The number of aliphatic hydroxyl groups is 1. The van der Waals surface area contributed by atoms with Crippen LogP contribution in [-0.4, -0.2) is 120 Å². The molecule has 2 saturated heterocycles. The number of thiazole rings is 1. The van der Waals surface area contributed by atoms with E-state index in [-0.39, 0.29) is 36.7 Å². The summed E-state index contributed by atoms with van der Waals surface area (Å²) in [6.07, 6.45) is -0.629. The number of amides is 2. The summed E-state index contributed by atoms with van der Waals surface area (Å²) in [5.41, 5.74) is 4.84. The Morgan fingerprint density at radius 3 is 2.56 bits per heavy atom. The van der Waals surface area contributed by atoms with E-state index in [4.69, 9.17) is 14.0 Å². The van der Waals surface area contributed by atoms with Crippen LogP contribution in [0.2, 0.25) is 0 Å². The van der Waals surface area contributed by atoms with Gasteiger partial charge < -0.3 is 29.3 Å². The minimum absolute atomic E-state index is 0.0755. The molecule has 2 amide bonds. The van der Waals surface area contributed by atoms with E-state index in [2.05, 4.69) is 32.2 Å². The minimum Gasteiger partial charge on any atom is -0.474 e. The van der Waals surface area contributed by atoms with Gasteiger partial charge in [-0.05, 0) is 43.0 Å². The zero-order valence-corrected chi connectivity index (χ0v) is 29.7. The lowest BCUT2D eigenvalue weighted by molar-refractivity contribution is -0.141. The lowest BCUT2D eigenvalue weighted by Gasteiger charge is -2.39. The molecule has 2 aliphatic rings. The highest BCUT2D eigenvalue weighted by Crippen LogP contribution is 2.33. The Kier molecular flexibility index (Phi) is 12.2. The predicted molar refractivity (Wildman–Crippen MR) is 184 cm³/mol. The van der Waals surface area contributed by atoms with E-state index in [0.717, 1.165) is 61.0 Å². The van der Waals surface area contributed by atoms with Crippen LogP contribution in [0.3, 0.4) is 0 Å². The molecule has 2 aliphatic heterocycles. The molecule has 1 aromatic carbocycles. The summed E-state index contributed by atoms with van der Waals surface area (Å²) in [7, 11) is 1.73. The number of piperazine rings is 1. The maximum Gasteiger partial charge on any atom is 0.254 e. The number of β-amino-alcohol motifs (C(OH)–C–C–N with tert-alkyl or cyclic N) is 1. The number of hydrogen-bond acceptors (Lipinski definition) is 11. The Morgan fingerprint density at radius 2 is 1.90 bits per heavy atom. The molecule has 5 rings (SSSR count). The van der Waals surface area contributed by atoms with Crippen LogP contribution in [0.5, 0.6) is 5.88 Å². The molecule has 0 radical (unpaired) electrons. The molecule has 48 heavy (non-hydrogen) atoms. The number of likely N-dealkylation sites (tertiary alicyclic amines) is 1. The first-order valence-corrected chi connectivity index (χ1v) is 17.8. The van der Waals surface area contributed by atoms with Gasteiger partial charge in [-0.2, -0.15) is 0 Å². The number of hydrogen-bond donors (Lipinski definition) is 2. The van der Waals surface area contributed by atoms with Crippen molar-refractivity contribution in [1.29, 1.82) is 0 Å². The molecule has 0 spiro atoms.